The van der Waals surface area contributed by atoms with E-state index in [1.165, 1.54) is 11.1 Å². The summed E-state index contributed by atoms with van der Waals surface area (Å²) in [6.45, 7) is 13.0. The van der Waals surface area contributed by atoms with Gasteiger partial charge in [-0.3, -0.25) is 4.84 Å². The average Bonchev–Trinajstić information content (AvgIpc) is 2.77. The molecule has 2 atom stereocenters. The van der Waals surface area contributed by atoms with Crippen LogP contribution in [0.4, 0.5) is 10.5 Å². The number of hydrogen-bond acceptors (Lipinski definition) is 3. The molecule has 0 saturated carbocycles. The molecule has 2 unspecified atom stereocenters. The quantitative estimate of drug-likeness (QED) is 0.512. The second-order valence-electron chi connectivity index (χ2n) is 9.77. The molecule has 2 aromatic rings. The monoisotopic (exact) mass is 437 g/mol. The molecule has 0 aliphatic carbocycles. The molecule has 2 aromatic carbocycles. The second-order valence-corrected chi connectivity index (χ2v) is 9.77. The Balaban J connectivity index is 1.74. The van der Waals surface area contributed by atoms with Crippen molar-refractivity contribution in [1.82, 2.24) is 10.4 Å². The molecule has 1 aliphatic rings. The fourth-order valence-corrected chi connectivity index (χ4v) is 5.06. The smallest absolute Gasteiger partial charge is 0.319 e. The Morgan fingerprint density at radius 3 is 2.28 bits per heavy atom. The van der Waals surface area contributed by atoms with Gasteiger partial charge in [0.1, 0.15) is 6.10 Å². The Labute approximate surface area is 193 Å². The molecule has 0 spiro atoms. The van der Waals surface area contributed by atoms with Gasteiger partial charge < -0.3 is 10.6 Å². The molecule has 5 nitrogen and oxygen atoms in total. The van der Waals surface area contributed by atoms with Gasteiger partial charge >= 0.3 is 6.03 Å². The highest BCUT2D eigenvalue weighted by molar-refractivity contribution is 5.89. The molecular weight excluding hydrogens is 398 g/mol. The number of urea groups is 1. The van der Waals surface area contributed by atoms with Gasteiger partial charge in [-0.2, -0.15) is 5.06 Å². The van der Waals surface area contributed by atoms with Crippen LogP contribution in [0, 0.1) is 6.92 Å². The minimum atomic E-state index is -0.227. The third-order valence-electron chi connectivity index (χ3n) is 6.85. The number of benzene rings is 2. The third-order valence-corrected chi connectivity index (χ3v) is 6.85. The first-order valence-corrected chi connectivity index (χ1v) is 11.9. The van der Waals surface area contributed by atoms with Crippen LogP contribution in [0.3, 0.4) is 0 Å². The van der Waals surface area contributed by atoms with Crippen LogP contribution in [-0.2, 0) is 4.84 Å². The molecule has 1 heterocycles. The predicted molar refractivity (Wildman–Crippen MR) is 132 cm³/mol. The zero-order valence-corrected chi connectivity index (χ0v) is 20.4. The Kier molecular flexibility index (Phi) is 7.63. The van der Waals surface area contributed by atoms with Crippen molar-refractivity contribution in [1.29, 1.82) is 0 Å². The summed E-state index contributed by atoms with van der Waals surface area (Å²) >= 11 is 0. The Hall–Kier alpha value is -2.37. The molecule has 2 amide bonds. The van der Waals surface area contributed by atoms with E-state index in [1.807, 2.05) is 37.3 Å². The van der Waals surface area contributed by atoms with E-state index in [0.29, 0.717) is 0 Å². The van der Waals surface area contributed by atoms with E-state index in [-0.39, 0.29) is 29.3 Å². The van der Waals surface area contributed by atoms with Gasteiger partial charge in [0, 0.05) is 22.8 Å². The van der Waals surface area contributed by atoms with Crippen LogP contribution in [-0.4, -0.2) is 28.2 Å². The van der Waals surface area contributed by atoms with Crippen molar-refractivity contribution >= 4 is 11.7 Å². The Morgan fingerprint density at radius 1 is 1.06 bits per heavy atom. The molecule has 3 rings (SSSR count). The van der Waals surface area contributed by atoms with Crippen LogP contribution in [0.25, 0.3) is 0 Å². The van der Waals surface area contributed by atoms with Gasteiger partial charge in [0.25, 0.3) is 0 Å². The summed E-state index contributed by atoms with van der Waals surface area (Å²) in [5.41, 5.74) is 2.77. The number of nitrogens with zero attached hydrogens (tertiary/aromatic N) is 1. The summed E-state index contributed by atoms with van der Waals surface area (Å²) in [7, 11) is 0. The summed E-state index contributed by atoms with van der Waals surface area (Å²) in [5.74, 6) is 0. The third kappa shape index (κ3) is 5.51. The highest BCUT2D eigenvalue weighted by Gasteiger charge is 2.50. The fourth-order valence-electron chi connectivity index (χ4n) is 5.06. The lowest BCUT2D eigenvalue weighted by atomic mass is 9.74. The van der Waals surface area contributed by atoms with Crippen LogP contribution in [0.1, 0.15) is 77.5 Å². The summed E-state index contributed by atoms with van der Waals surface area (Å²) < 4.78 is 0. The first-order valence-electron chi connectivity index (χ1n) is 11.9. The largest absolute Gasteiger partial charge is 0.335 e. The molecule has 0 bridgehead atoms. The van der Waals surface area contributed by atoms with Crippen molar-refractivity contribution in [2.75, 3.05) is 5.32 Å². The molecule has 1 aliphatic heterocycles. The zero-order valence-electron chi connectivity index (χ0n) is 20.4. The van der Waals surface area contributed by atoms with Crippen molar-refractivity contribution in [3.63, 3.8) is 0 Å². The number of nitrogens with one attached hydrogen (secondary N) is 2. The van der Waals surface area contributed by atoms with E-state index in [4.69, 9.17) is 4.84 Å². The van der Waals surface area contributed by atoms with Crippen LogP contribution < -0.4 is 10.6 Å². The standard InChI is InChI=1S/C27H39N3O2/c1-7-27(8-2)19-24(29-25(31)28-23-16-14-20(3)15-17-23)18-26(5,6)30(27)32-21(4)22-12-10-9-11-13-22/h9-17,21,24H,7-8,18-19H2,1-6H3,(H2,28,29,31). The summed E-state index contributed by atoms with van der Waals surface area (Å²) in [6.07, 6.45) is 3.53. The summed E-state index contributed by atoms with van der Waals surface area (Å²) in [4.78, 5) is 19.4. The van der Waals surface area contributed by atoms with Crippen molar-refractivity contribution in [2.45, 2.75) is 90.4 Å². The molecule has 0 radical (unpaired) electrons. The first kappa shape index (κ1) is 24.3. The van der Waals surface area contributed by atoms with Crippen molar-refractivity contribution in [3.05, 3.63) is 65.7 Å². The molecule has 2 N–H and O–H groups in total. The maximum atomic E-state index is 12.7. The van der Waals surface area contributed by atoms with Crippen LogP contribution in [0.15, 0.2) is 54.6 Å². The van der Waals surface area contributed by atoms with Gasteiger partial charge in [-0.15, -0.1) is 0 Å². The van der Waals surface area contributed by atoms with Crippen LogP contribution in [0.5, 0.6) is 0 Å². The SMILES string of the molecule is CCC1(CC)CC(NC(=O)Nc2ccc(C)cc2)CC(C)(C)N1OC(C)c1ccccc1. The topological polar surface area (TPSA) is 53.6 Å². The fraction of sp³-hybridized carbons (Fsp3) is 0.519. The molecular formula is C27H39N3O2. The number of anilines is 1. The van der Waals surface area contributed by atoms with Gasteiger partial charge in [0.05, 0.1) is 0 Å². The van der Waals surface area contributed by atoms with Crippen molar-refractivity contribution in [3.8, 4) is 0 Å². The molecule has 5 heteroatoms. The average molecular weight is 438 g/mol. The number of aryl methyl sites for hydroxylation is 1. The first-order chi connectivity index (χ1) is 15.2. The summed E-state index contributed by atoms with van der Waals surface area (Å²) in [6, 6.07) is 18.1. The lowest BCUT2D eigenvalue weighted by Crippen LogP contribution is -2.66. The molecule has 0 aromatic heterocycles. The van der Waals surface area contributed by atoms with E-state index >= 15 is 0 Å². The van der Waals surface area contributed by atoms with E-state index < -0.39 is 0 Å². The normalized spacial score (nSPS) is 21.0. The Morgan fingerprint density at radius 2 is 1.69 bits per heavy atom. The van der Waals surface area contributed by atoms with E-state index in [2.05, 4.69) is 74.6 Å². The number of rotatable bonds is 7. The highest BCUT2D eigenvalue weighted by Crippen LogP contribution is 2.44. The van der Waals surface area contributed by atoms with E-state index in [0.717, 1.165) is 31.4 Å². The lowest BCUT2D eigenvalue weighted by Gasteiger charge is -2.57. The Bertz CT molecular complexity index is 876. The van der Waals surface area contributed by atoms with Gasteiger partial charge in [-0.25, -0.2) is 4.79 Å². The molecule has 174 valence electrons. The molecule has 1 fully saturated rings. The van der Waals surface area contributed by atoms with Gasteiger partial charge in [0.2, 0.25) is 0 Å². The molecule has 1 saturated heterocycles. The van der Waals surface area contributed by atoms with Gasteiger partial charge in [-0.05, 0) is 71.1 Å². The van der Waals surface area contributed by atoms with Gasteiger partial charge in [0.15, 0.2) is 0 Å². The number of hydrogen-bond donors (Lipinski definition) is 2. The second kappa shape index (κ2) is 10.1. The number of carbonyl (C=O) groups excluding carboxylic acids is 1. The number of carbonyl (C=O) groups is 1. The van der Waals surface area contributed by atoms with Crippen molar-refractivity contribution < 1.29 is 9.63 Å². The van der Waals surface area contributed by atoms with Crippen LogP contribution >= 0.6 is 0 Å². The zero-order chi connectivity index (χ0) is 23.4. The lowest BCUT2D eigenvalue weighted by molar-refractivity contribution is -0.316. The molecule has 32 heavy (non-hydrogen) atoms. The number of piperidine rings is 1. The maximum Gasteiger partial charge on any atom is 0.319 e. The summed E-state index contributed by atoms with van der Waals surface area (Å²) in [5, 5.41) is 8.46. The van der Waals surface area contributed by atoms with E-state index in [9.17, 15) is 4.79 Å². The number of hydroxylamine groups is 2. The minimum absolute atomic E-state index is 0.0395. The van der Waals surface area contributed by atoms with Crippen molar-refractivity contribution in [2.24, 2.45) is 0 Å². The highest BCUT2D eigenvalue weighted by atomic mass is 16.7. The predicted octanol–water partition coefficient (Wildman–Crippen LogP) is 6.61. The maximum absolute atomic E-state index is 12.7. The minimum Gasteiger partial charge on any atom is -0.335 e. The van der Waals surface area contributed by atoms with Crippen LogP contribution in [0.2, 0.25) is 0 Å². The van der Waals surface area contributed by atoms with E-state index in [1.54, 1.807) is 0 Å². The number of amides is 2. The van der Waals surface area contributed by atoms with Gasteiger partial charge in [-0.1, -0.05) is 61.9 Å².